The van der Waals surface area contributed by atoms with Gasteiger partial charge in [0.05, 0.1) is 12.7 Å². The van der Waals surface area contributed by atoms with Crippen LogP contribution >= 0.6 is 0 Å². The predicted octanol–water partition coefficient (Wildman–Crippen LogP) is 6.43. The molecule has 158 valence electrons. The van der Waals surface area contributed by atoms with Gasteiger partial charge >= 0.3 is 6.18 Å². The summed E-state index contributed by atoms with van der Waals surface area (Å²) in [5.74, 6) is 0.847. The molecule has 30 heavy (non-hydrogen) atoms. The molecule has 0 unspecified atom stereocenters. The number of carbonyl (C=O) groups is 1. The van der Waals surface area contributed by atoms with Gasteiger partial charge in [0.25, 0.3) is 0 Å². The summed E-state index contributed by atoms with van der Waals surface area (Å²) in [6, 6.07) is 6.41. The zero-order valence-corrected chi connectivity index (χ0v) is 17.3. The Hall–Kier alpha value is -3.22. The highest BCUT2D eigenvalue weighted by atomic mass is 19.4. The van der Waals surface area contributed by atoms with Crippen molar-refractivity contribution in [2.75, 3.05) is 12.4 Å². The number of hydrogen-bond donors (Lipinski definition) is 1. The number of fused-ring (bicyclic) bond motifs is 1. The minimum absolute atomic E-state index is 0.0683. The van der Waals surface area contributed by atoms with E-state index in [0.29, 0.717) is 16.9 Å². The van der Waals surface area contributed by atoms with E-state index in [1.165, 1.54) is 25.3 Å². The second-order valence-corrected chi connectivity index (χ2v) is 7.14. The molecule has 1 heterocycles. The van der Waals surface area contributed by atoms with E-state index in [1.807, 2.05) is 26.8 Å². The lowest BCUT2D eigenvalue weighted by Gasteiger charge is -2.13. The van der Waals surface area contributed by atoms with Crippen LogP contribution in [0.1, 0.15) is 34.9 Å². The summed E-state index contributed by atoms with van der Waals surface area (Å²) in [7, 11) is 1.54. The van der Waals surface area contributed by atoms with Gasteiger partial charge in [0.15, 0.2) is 0 Å². The Morgan fingerprint density at radius 2 is 1.83 bits per heavy atom. The molecule has 7 heteroatoms. The maximum Gasteiger partial charge on any atom is 0.416 e. The van der Waals surface area contributed by atoms with Crippen LogP contribution in [0.5, 0.6) is 5.75 Å². The minimum atomic E-state index is -4.48. The Bertz CT molecular complexity index is 1160. The van der Waals surface area contributed by atoms with Crippen LogP contribution in [0.25, 0.3) is 16.5 Å². The number of alkyl halides is 3. The van der Waals surface area contributed by atoms with Crippen LogP contribution in [0.3, 0.4) is 0 Å². The predicted molar refractivity (Wildman–Crippen MR) is 111 cm³/mol. The van der Waals surface area contributed by atoms with Gasteiger partial charge in [0, 0.05) is 28.3 Å². The molecule has 0 aliphatic carbocycles. The normalized spacial score (nSPS) is 12.3. The fourth-order valence-corrected chi connectivity index (χ4v) is 3.39. The largest absolute Gasteiger partial charge is 0.496 e. The summed E-state index contributed by atoms with van der Waals surface area (Å²) in [5.41, 5.74) is 3.11. The van der Waals surface area contributed by atoms with Gasteiger partial charge in [-0.2, -0.15) is 13.2 Å². The summed E-state index contributed by atoms with van der Waals surface area (Å²) in [4.78, 5) is 12.4. The van der Waals surface area contributed by atoms with Gasteiger partial charge in [-0.1, -0.05) is 6.07 Å². The van der Waals surface area contributed by atoms with E-state index < -0.39 is 17.6 Å². The molecule has 1 N–H and O–H groups in total. The number of allylic oxidation sites excluding steroid dienone is 1. The number of hydrogen-bond acceptors (Lipinski definition) is 3. The Morgan fingerprint density at radius 1 is 1.13 bits per heavy atom. The summed E-state index contributed by atoms with van der Waals surface area (Å²) in [6.45, 7) is 7.46. The second kappa shape index (κ2) is 7.89. The Balaban J connectivity index is 1.96. The number of nitrogens with one attached hydrogen (secondary N) is 1. The van der Waals surface area contributed by atoms with E-state index in [-0.39, 0.29) is 5.69 Å². The summed E-state index contributed by atoms with van der Waals surface area (Å²) >= 11 is 0. The monoisotopic (exact) mass is 417 g/mol. The highest BCUT2D eigenvalue weighted by Crippen LogP contribution is 2.38. The van der Waals surface area contributed by atoms with Gasteiger partial charge in [-0.15, -0.1) is 0 Å². The number of halogens is 3. The first kappa shape index (κ1) is 21.5. The van der Waals surface area contributed by atoms with Crippen LogP contribution in [0.4, 0.5) is 18.9 Å². The van der Waals surface area contributed by atoms with Gasteiger partial charge in [0.1, 0.15) is 17.1 Å². The summed E-state index contributed by atoms with van der Waals surface area (Å²) < 4.78 is 50.0. The molecule has 2 aromatic carbocycles. The molecule has 0 spiro atoms. The Kier molecular flexibility index (Phi) is 5.65. The highest BCUT2D eigenvalue weighted by molar-refractivity contribution is 6.05. The molecule has 3 rings (SSSR count). The Morgan fingerprint density at radius 3 is 2.47 bits per heavy atom. The first-order chi connectivity index (χ1) is 14.0. The Labute approximate surface area is 172 Å². The number of methoxy groups -OCH3 is 1. The average molecular weight is 417 g/mol. The van der Waals surface area contributed by atoms with Crippen LogP contribution in [-0.2, 0) is 11.0 Å². The summed E-state index contributed by atoms with van der Waals surface area (Å²) in [6.07, 6.45) is -3.14. The molecule has 0 aliphatic rings. The van der Waals surface area contributed by atoms with E-state index in [2.05, 4.69) is 5.32 Å². The van der Waals surface area contributed by atoms with Gasteiger partial charge < -0.3 is 14.5 Å². The lowest BCUT2D eigenvalue weighted by atomic mass is 9.98. The molecule has 0 radical (unpaired) electrons. The topological polar surface area (TPSA) is 51.5 Å². The third kappa shape index (κ3) is 4.06. The first-order valence-electron chi connectivity index (χ1n) is 9.27. The zero-order chi connectivity index (χ0) is 22.2. The van der Waals surface area contributed by atoms with Crippen LogP contribution in [0.15, 0.2) is 40.8 Å². The van der Waals surface area contributed by atoms with Crippen LogP contribution in [0.2, 0.25) is 0 Å². The number of benzene rings is 2. The first-order valence-corrected chi connectivity index (χ1v) is 9.27. The van der Waals surface area contributed by atoms with Crippen LogP contribution in [-0.4, -0.2) is 13.0 Å². The highest BCUT2D eigenvalue weighted by Gasteiger charge is 2.30. The van der Waals surface area contributed by atoms with Crippen molar-refractivity contribution in [1.82, 2.24) is 0 Å². The van der Waals surface area contributed by atoms with Gasteiger partial charge in [-0.05, 0) is 63.1 Å². The van der Waals surface area contributed by atoms with Crippen molar-refractivity contribution < 1.29 is 27.1 Å². The minimum Gasteiger partial charge on any atom is -0.496 e. The molecule has 0 bridgehead atoms. The lowest BCUT2D eigenvalue weighted by molar-refractivity contribution is -0.137. The fraction of sp³-hybridized carbons (Fsp3) is 0.261. The second-order valence-electron chi connectivity index (χ2n) is 7.14. The number of furan rings is 1. The molecule has 0 saturated carbocycles. The van der Waals surface area contributed by atoms with Crippen molar-refractivity contribution in [2.45, 2.75) is 33.9 Å². The molecular formula is C23H22F3NO3. The number of rotatable bonds is 4. The van der Waals surface area contributed by atoms with Crippen molar-refractivity contribution in [3.8, 4) is 5.75 Å². The summed E-state index contributed by atoms with van der Waals surface area (Å²) in [5, 5.41) is 3.41. The quantitative estimate of drug-likeness (QED) is 0.498. The number of anilines is 1. The molecule has 0 aliphatic heterocycles. The van der Waals surface area contributed by atoms with E-state index in [9.17, 15) is 18.0 Å². The van der Waals surface area contributed by atoms with Gasteiger partial charge in [0.2, 0.25) is 5.91 Å². The van der Waals surface area contributed by atoms with Crippen molar-refractivity contribution >= 4 is 28.1 Å². The molecule has 0 saturated heterocycles. The number of carbonyl (C=O) groups excluding carboxylic acids is 1. The molecule has 1 amide bonds. The van der Waals surface area contributed by atoms with Crippen molar-refractivity contribution in [3.05, 3.63) is 64.4 Å². The zero-order valence-electron chi connectivity index (χ0n) is 17.3. The maximum atomic E-state index is 12.9. The SMILES string of the molecule is COc1c(/C(C)=C/C(=O)Nc2cccc(C(F)(F)F)c2)cc2c(C)c(C)oc2c1C. The van der Waals surface area contributed by atoms with Crippen LogP contribution < -0.4 is 10.1 Å². The number of amides is 1. The molecule has 0 atom stereocenters. The maximum absolute atomic E-state index is 12.9. The smallest absolute Gasteiger partial charge is 0.416 e. The molecule has 4 nitrogen and oxygen atoms in total. The average Bonchev–Trinajstić information content (AvgIpc) is 2.96. The van der Waals surface area contributed by atoms with E-state index in [4.69, 9.17) is 9.15 Å². The lowest BCUT2D eigenvalue weighted by Crippen LogP contribution is -2.11. The van der Waals surface area contributed by atoms with Crippen LogP contribution in [0, 0.1) is 20.8 Å². The fourth-order valence-electron chi connectivity index (χ4n) is 3.39. The van der Waals surface area contributed by atoms with Crippen molar-refractivity contribution in [1.29, 1.82) is 0 Å². The third-order valence-electron chi connectivity index (χ3n) is 5.08. The third-order valence-corrected chi connectivity index (χ3v) is 5.08. The molecule has 1 aromatic heterocycles. The van der Waals surface area contributed by atoms with E-state index in [1.54, 1.807) is 6.92 Å². The van der Waals surface area contributed by atoms with Crippen molar-refractivity contribution in [2.24, 2.45) is 0 Å². The molecular weight excluding hydrogens is 395 g/mol. The van der Waals surface area contributed by atoms with E-state index >= 15 is 0 Å². The van der Waals surface area contributed by atoms with Crippen molar-refractivity contribution in [3.63, 3.8) is 0 Å². The standard InChI is InChI=1S/C23H22F3NO3/c1-12(9-20(28)27-17-8-6-7-16(10-17)23(24,25)26)18-11-19-13(2)15(4)30-22(19)14(3)21(18)29-5/h6-11H,1-5H3,(H,27,28)/b12-9+. The molecule has 3 aromatic rings. The van der Waals surface area contributed by atoms with Gasteiger partial charge in [-0.3, -0.25) is 4.79 Å². The van der Waals surface area contributed by atoms with E-state index in [0.717, 1.165) is 40.0 Å². The van der Waals surface area contributed by atoms with Gasteiger partial charge in [-0.25, -0.2) is 0 Å². The number of aryl methyl sites for hydroxylation is 3. The molecule has 0 fully saturated rings. The number of ether oxygens (including phenoxy) is 1.